The Balaban J connectivity index is 2.13. The average Bonchev–Trinajstić information content (AvgIpc) is 2.38. The van der Waals surface area contributed by atoms with Crippen molar-refractivity contribution in [1.82, 2.24) is 4.98 Å². The molecule has 0 atom stereocenters. The van der Waals surface area contributed by atoms with Crippen LogP contribution in [0, 0.1) is 0 Å². The average molecular weight is 334 g/mol. The fourth-order valence-electron chi connectivity index (χ4n) is 1.74. The summed E-state index contributed by atoms with van der Waals surface area (Å²) in [6, 6.07) is 8.66. The maximum absolute atomic E-state index is 12.1. The third-order valence-corrected chi connectivity index (χ3v) is 2.99. The second-order valence-corrected chi connectivity index (χ2v) is 5.15. The Hall–Kier alpha value is -2.01. The van der Waals surface area contributed by atoms with Gasteiger partial charge in [0, 0.05) is 35.8 Å². The lowest BCUT2D eigenvalue weighted by Crippen LogP contribution is -2.05. The molecule has 0 saturated heterocycles. The molecule has 1 aromatic carbocycles. The maximum Gasteiger partial charge on any atom is 0.308 e. The number of rotatable bonds is 4. The molecular formula is C15H12BrNO3. The summed E-state index contributed by atoms with van der Waals surface area (Å²) in [5.41, 5.74) is 1.32. The standard InChI is InChI=1S/C15H12BrNO3/c1-10(18)20-14-4-2-3-11(5-14)6-15(19)12-7-13(16)9-17-8-12/h2-5,7-9H,6H2,1H3. The summed E-state index contributed by atoms with van der Waals surface area (Å²) in [6.07, 6.45) is 3.38. The van der Waals surface area contributed by atoms with Gasteiger partial charge in [-0.15, -0.1) is 0 Å². The fraction of sp³-hybridized carbons (Fsp3) is 0.133. The van der Waals surface area contributed by atoms with E-state index in [9.17, 15) is 9.59 Å². The topological polar surface area (TPSA) is 56.3 Å². The first kappa shape index (κ1) is 14.4. The number of carbonyl (C=O) groups is 2. The molecule has 5 heteroatoms. The van der Waals surface area contributed by atoms with E-state index >= 15 is 0 Å². The number of nitrogens with zero attached hydrogens (tertiary/aromatic N) is 1. The summed E-state index contributed by atoms with van der Waals surface area (Å²) in [5.74, 6) is 0.0126. The molecule has 0 N–H and O–H groups in total. The minimum atomic E-state index is -0.385. The van der Waals surface area contributed by atoms with E-state index in [4.69, 9.17) is 4.74 Å². The van der Waals surface area contributed by atoms with Gasteiger partial charge in [0.05, 0.1) is 0 Å². The van der Waals surface area contributed by atoms with E-state index in [0.29, 0.717) is 11.3 Å². The van der Waals surface area contributed by atoms with Gasteiger partial charge in [-0.1, -0.05) is 12.1 Å². The van der Waals surface area contributed by atoms with Gasteiger partial charge in [0.25, 0.3) is 0 Å². The summed E-state index contributed by atoms with van der Waals surface area (Å²) in [5, 5.41) is 0. The Bertz CT molecular complexity index is 655. The third-order valence-electron chi connectivity index (χ3n) is 2.55. The van der Waals surface area contributed by atoms with E-state index < -0.39 is 0 Å². The number of pyridine rings is 1. The Labute approximate surface area is 124 Å². The second kappa shape index (κ2) is 6.43. The largest absolute Gasteiger partial charge is 0.427 e. The van der Waals surface area contributed by atoms with Gasteiger partial charge >= 0.3 is 5.97 Å². The zero-order valence-corrected chi connectivity index (χ0v) is 12.4. The zero-order chi connectivity index (χ0) is 14.5. The first-order chi connectivity index (χ1) is 9.54. The minimum absolute atomic E-state index is 0.0428. The second-order valence-electron chi connectivity index (χ2n) is 4.23. The van der Waals surface area contributed by atoms with Crippen molar-refractivity contribution in [3.05, 3.63) is 58.3 Å². The molecule has 0 aliphatic rings. The molecule has 0 bridgehead atoms. The lowest BCUT2D eigenvalue weighted by molar-refractivity contribution is -0.131. The Morgan fingerprint density at radius 1 is 1.25 bits per heavy atom. The highest BCUT2D eigenvalue weighted by molar-refractivity contribution is 9.10. The normalized spacial score (nSPS) is 10.1. The van der Waals surface area contributed by atoms with Gasteiger partial charge in [0.1, 0.15) is 5.75 Å². The van der Waals surface area contributed by atoms with Crippen molar-refractivity contribution >= 4 is 27.7 Å². The molecule has 0 amide bonds. The van der Waals surface area contributed by atoms with Crippen LogP contribution in [0.1, 0.15) is 22.8 Å². The number of carbonyl (C=O) groups excluding carboxylic acids is 2. The van der Waals surface area contributed by atoms with Gasteiger partial charge in [0.15, 0.2) is 5.78 Å². The Morgan fingerprint density at radius 2 is 2.05 bits per heavy atom. The SMILES string of the molecule is CC(=O)Oc1cccc(CC(=O)c2cncc(Br)c2)c1. The number of Topliss-reactive ketones (excluding diaryl/α,β-unsaturated/α-hetero) is 1. The van der Waals surface area contributed by atoms with E-state index in [1.165, 1.54) is 13.1 Å². The molecule has 1 aromatic heterocycles. The maximum atomic E-state index is 12.1. The number of hydrogen-bond acceptors (Lipinski definition) is 4. The number of esters is 1. The van der Waals surface area contributed by atoms with E-state index in [-0.39, 0.29) is 18.2 Å². The molecule has 20 heavy (non-hydrogen) atoms. The van der Waals surface area contributed by atoms with Gasteiger partial charge in [0.2, 0.25) is 0 Å². The van der Waals surface area contributed by atoms with Crippen molar-refractivity contribution in [3.8, 4) is 5.75 Å². The number of halogens is 1. The first-order valence-corrected chi connectivity index (χ1v) is 6.75. The van der Waals surface area contributed by atoms with E-state index in [2.05, 4.69) is 20.9 Å². The number of ketones is 1. The smallest absolute Gasteiger partial charge is 0.308 e. The molecule has 0 fully saturated rings. The molecule has 2 aromatic rings. The summed E-state index contributed by atoms with van der Waals surface area (Å²) in [7, 11) is 0. The van der Waals surface area contributed by atoms with E-state index in [1.54, 1.807) is 30.5 Å². The van der Waals surface area contributed by atoms with Crippen LogP contribution in [-0.4, -0.2) is 16.7 Å². The molecule has 0 saturated carbocycles. The Morgan fingerprint density at radius 3 is 2.75 bits per heavy atom. The fourth-order valence-corrected chi connectivity index (χ4v) is 2.10. The number of benzene rings is 1. The highest BCUT2D eigenvalue weighted by Gasteiger charge is 2.09. The van der Waals surface area contributed by atoms with E-state index in [1.807, 2.05) is 6.07 Å². The third kappa shape index (κ3) is 3.99. The van der Waals surface area contributed by atoms with Crippen LogP contribution in [0.2, 0.25) is 0 Å². The number of aromatic nitrogens is 1. The van der Waals surface area contributed by atoms with Crippen molar-refractivity contribution in [2.45, 2.75) is 13.3 Å². The van der Waals surface area contributed by atoms with Crippen LogP contribution in [0.15, 0.2) is 47.2 Å². The lowest BCUT2D eigenvalue weighted by Gasteiger charge is -2.05. The van der Waals surface area contributed by atoms with Crippen LogP contribution in [0.5, 0.6) is 5.75 Å². The van der Waals surface area contributed by atoms with Gasteiger partial charge in [-0.25, -0.2) is 0 Å². The quantitative estimate of drug-likeness (QED) is 0.489. The van der Waals surface area contributed by atoms with Crippen LogP contribution in [0.4, 0.5) is 0 Å². The molecule has 0 aliphatic carbocycles. The molecular weight excluding hydrogens is 322 g/mol. The molecule has 0 aliphatic heterocycles. The monoisotopic (exact) mass is 333 g/mol. The molecule has 0 spiro atoms. The van der Waals surface area contributed by atoms with Crippen LogP contribution < -0.4 is 4.74 Å². The van der Waals surface area contributed by atoms with Gasteiger partial charge in [-0.3, -0.25) is 14.6 Å². The summed E-state index contributed by atoms with van der Waals surface area (Å²) in [4.78, 5) is 27.0. The van der Waals surface area contributed by atoms with Crippen LogP contribution in [0.25, 0.3) is 0 Å². The molecule has 2 rings (SSSR count). The first-order valence-electron chi connectivity index (χ1n) is 5.96. The van der Waals surface area contributed by atoms with Crippen LogP contribution in [-0.2, 0) is 11.2 Å². The molecule has 1 heterocycles. The molecule has 102 valence electrons. The lowest BCUT2D eigenvalue weighted by atomic mass is 10.0. The zero-order valence-electron chi connectivity index (χ0n) is 10.8. The summed E-state index contributed by atoms with van der Waals surface area (Å²) in [6.45, 7) is 1.34. The Kier molecular flexibility index (Phi) is 4.63. The highest BCUT2D eigenvalue weighted by atomic mass is 79.9. The molecule has 4 nitrogen and oxygen atoms in total. The van der Waals surface area contributed by atoms with Crippen molar-refractivity contribution in [2.24, 2.45) is 0 Å². The summed E-state index contributed by atoms with van der Waals surface area (Å²) >= 11 is 3.28. The van der Waals surface area contributed by atoms with Crippen LogP contribution in [0.3, 0.4) is 0 Å². The highest BCUT2D eigenvalue weighted by Crippen LogP contribution is 2.16. The van der Waals surface area contributed by atoms with Crippen molar-refractivity contribution in [3.63, 3.8) is 0 Å². The summed E-state index contributed by atoms with van der Waals surface area (Å²) < 4.78 is 5.75. The van der Waals surface area contributed by atoms with Gasteiger partial charge in [-0.2, -0.15) is 0 Å². The predicted octanol–water partition coefficient (Wildman–Crippen LogP) is 3.19. The van der Waals surface area contributed by atoms with Gasteiger partial charge < -0.3 is 4.74 Å². The van der Waals surface area contributed by atoms with Crippen molar-refractivity contribution < 1.29 is 14.3 Å². The number of hydrogen-bond donors (Lipinski definition) is 0. The predicted molar refractivity (Wildman–Crippen MR) is 77.7 cm³/mol. The van der Waals surface area contributed by atoms with Crippen molar-refractivity contribution in [2.75, 3.05) is 0 Å². The van der Waals surface area contributed by atoms with E-state index in [0.717, 1.165) is 10.0 Å². The number of ether oxygens (including phenoxy) is 1. The van der Waals surface area contributed by atoms with Gasteiger partial charge in [-0.05, 0) is 39.7 Å². The molecule has 0 radical (unpaired) electrons. The van der Waals surface area contributed by atoms with Crippen molar-refractivity contribution in [1.29, 1.82) is 0 Å². The molecule has 0 unspecified atom stereocenters. The minimum Gasteiger partial charge on any atom is -0.427 e. The van der Waals surface area contributed by atoms with Crippen LogP contribution >= 0.6 is 15.9 Å².